The summed E-state index contributed by atoms with van der Waals surface area (Å²) in [6.45, 7) is 0. The van der Waals surface area contributed by atoms with Crippen molar-refractivity contribution in [2.24, 2.45) is 9.98 Å². The summed E-state index contributed by atoms with van der Waals surface area (Å²) in [5.74, 6) is 1.58. The van der Waals surface area contributed by atoms with Crippen LogP contribution < -0.4 is 4.74 Å². The first kappa shape index (κ1) is 17.5. The number of aliphatic imine (C=N–C) groups is 2. The van der Waals surface area contributed by atoms with Crippen molar-refractivity contribution in [2.75, 3.05) is 0 Å². The van der Waals surface area contributed by atoms with E-state index in [4.69, 9.17) is 14.7 Å². The lowest BCUT2D eigenvalue weighted by Gasteiger charge is -2.24. The molecule has 2 unspecified atom stereocenters. The summed E-state index contributed by atoms with van der Waals surface area (Å²) >= 11 is 0. The smallest absolute Gasteiger partial charge is 0.231 e. The van der Waals surface area contributed by atoms with Gasteiger partial charge in [0.25, 0.3) is 0 Å². The molecule has 0 aliphatic carbocycles. The van der Waals surface area contributed by atoms with E-state index in [9.17, 15) is 0 Å². The van der Waals surface area contributed by atoms with Crippen molar-refractivity contribution in [2.45, 2.75) is 12.1 Å². The summed E-state index contributed by atoms with van der Waals surface area (Å²) in [7, 11) is 0. The van der Waals surface area contributed by atoms with Crippen LogP contribution in [0.1, 0.15) is 17.2 Å². The van der Waals surface area contributed by atoms with Crippen LogP contribution in [0.5, 0.6) is 5.75 Å². The predicted octanol–water partition coefficient (Wildman–Crippen LogP) is 6.00. The summed E-state index contributed by atoms with van der Waals surface area (Å²) in [6.07, 6.45) is -0.230. The van der Waals surface area contributed by atoms with E-state index in [1.54, 1.807) is 0 Å². The average molecular weight is 413 g/mol. The Labute approximate surface area is 185 Å². The highest BCUT2D eigenvalue weighted by Crippen LogP contribution is 2.42. The third-order valence-electron chi connectivity index (χ3n) is 6.37. The minimum absolute atomic E-state index is 0.131. The van der Waals surface area contributed by atoms with Crippen LogP contribution >= 0.6 is 0 Å². The minimum atomic E-state index is -0.230. The lowest BCUT2D eigenvalue weighted by Crippen LogP contribution is -2.35. The van der Waals surface area contributed by atoms with Crippen LogP contribution in [0.2, 0.25) is 0 Å². The van der Waals surface area contributed by atoms with Gasteiger partial charge in [0.1, 0.15) is 11.8 Å². The third kappa shape index (κ3) is 2.44. The molecule has 4 aromatic carbocycles. The second-order valence-corrected chi connectivity index (χ2v) is 8.18. The van der Waals surface area contributed by atoms with E-state index in [1.807, 2.05) is 36.4 Å². The van der Waals surface area contributed by atoms with Crippen LogP contribution in [-0.2, 0) is 0 Å². The van der Waals surface area contributed by atoms with Crippen molar-refractivity contribution in [3.8, 4) is 5.75 Å². The molecule has 4 nitrogen and oxygen atoms in total. The summed E-state index contributed by atoms with van der Waals surface area (Å²) in [4.78, 5) is 10.3. The molecular weight excluding hydrogens is 394 g/mol. The summed E-state index contributed by atoms with van der Waals surface area (Å²) in [5.41, 5.74) is 5.30. The largest absolute Gasteiger partial charge is 0.481 e. The number of hydrogen-bond donors (Lipinski definition) is 0. The van der Waals surface area contributed by atoms with Crippen molar-refractivity contribution < 1.29 is 4.74 Å². The van der Waals surface area contributed by atoms with Crippen LogP contribution in [0.4, 0.5) is 0 Å². The van der Waals surface area contributed by atoms with Gasteiger partial charge in [0.05, 0.1) is 16.7 Å². The Hall–Kier alpha value is -4.18. The highest BCUT2D eigenvalue weighted by Gasteiger charge is 2.41. The van der Waals surface area contributed by atoms with Gasteiger partial charge in [-0.25, -0.2) is 9.98 Å². The maximum Gasteiger partial charge on any atom is 0.231 e. The Kier molecular flexibility index (Phi) is 3.64. The predicted molar refractivity (Wildman–Crippen MR) is 129 cm³/mol. The Balaban J connectivity index is 1.53. The third-order valence-corrected chi connectivity index (χ3v) is 6.37. The van der Waals surface area contributed by atoms with Gasteiger partial charge in [-0.1, -0.05) is 84.9 Å². The fourth-order valence-electron chi connectivity index (χ4n) is 4.95. The molecule has 32 heavy (non-hydrogen) atoms. The molecule has 0 N–H and O–H groups in total. The maximum atomic E-state index is 6.37. The molecule has 5 aromatic rings. The zero-order chi connectivity index (χ0) is 21.1. The topological polar surface area (TPSA) is 38.9 Å². The van der Waals surface area contributed by atoms with Gasteiger partial charge in [0.15, 0.2) is 6.10 Å². The minimum Gasteiger partial charge on any atom is -0.481 e. The Morgan fingerprint density at radius 1 is 0.656 bits per heavy atom. The van der Waals surface area contributed by atoms with Gasteiger partial charge in [-0.15, -0.1) is 0 Å². The fourth-order valence-corrected chi connectivity index (χ4v) is 4.95. The first-order valence-electron chi connectivity index (χ1n) is 10.8. The molecule has 0 amide bonds. The molecule has 2 aliphatic heterocycles. The van der Waals surface area contributed by atoms with Gasteiger partial charge in [-0.3, -0.25) is 4.57 Å². The van der Waals surface area contributed by atoms with Gasteiger partial charge >= 0.3 is 0 Å². The van der Waals surface area contributed by atoms with Gasteiger partial charge < -0.3 is 4.74 Å². The first-order chi connectivity index (χ1) is 15.9. The van der Waals surface area contributed by atoms with Gasteiger partial charge in [-0.05, 0) is 18.2 Å². The SMILES string of the molecule is c1ccc(C2=NC(n3c4ccccc4c4ccccc43)=NC3c4ccccc4OC23)cc1. The zero-order valence-electron chi connectivity index (χ0n) is 17.2. The lowest BCUT2D eigenvalue weighted by molar-refractivity contribution is 0.275. The molecule has 7 rings (SSSR count). The molecule has 2 atom stereocenters. The van der Waals surface area contributed by atoms with E-state index >= 15 is 0 Å². The quantitative estimate of drug-likeness (QED) is 0.332. The molecular formula is C28H19N3O. The molecule has 152 valence electrons. The maximum absolute atomic E-state index is 6.37. The Bertz CT molecular complexity index is 1510. The Morgan fingerprint density at radius 2 is 1.28 bits per heavy atom. The highest BCUT2D eigenvalue weighted by atomic mass is 16.5. The summed E-state index contributed by atoms with van der Waals surface area (Å²) in [6, 6.07) is 35.3. The molecule has 0 spiro atoms. The van der Waals surface area contributed by atoms with Crippen molar-refractivity contribution in [3.63, 3.8) is 0 Å². The van der Waals surface area contributed by atoms with Crippen molar-refractivity contribution in [3.05, 3.63) is 114 Å². The molecule has 3 heterocycles. The molecule has 0 fully saturated rings. The average Bonchev–Trinajstić information content (AvgIpc) is 3.40. The molecule has 0 radical (unpaired) electrons. The van der Waals surface area contributed by atoms with E-state index in [0.29, 0.717) is 5.96 Å². The summed E-state index contributed by atoms with van der Waals surface area (Å²) < 4.78 is 8.56. The number of ether oxygens (including phenoxy) is 1. The van der Waals surface area contributed by atoms with Gasteiger partial charge in [0.2, 0.25) is 5.96 Å². The number of rotatable bonds is 1. The zero-order valence-corrected chi connectivity index (χ0v) is 17.2. The van der Waals surface area contributed by atoms with Crippen LogP contribution in [0.25, 0.3) is 21.8 Å². The van der Waals surface area contributed by atoms with Crippen LogP contribution in [0, 0.1) is 0 Å². The number of aromatic nitrogens is 1. The number of nitrogens with zero attached hydrogens (tertiary/aromatic N) is 3. The van der Waals surface area contributed by atoms with Crippen LogP contribution in [-0.4, -0.2) is 22.3 Å². The van der Waals surface area contributed by atoms with E-state index in [2.05, 4.69) is 71.3 Å². The molecule has 1 aromatic heterocycles. The van der Waals surface area contributed by atoms with E-state index in [1.165, 1.54) is 10.8 Å². The van der Waals surface area contributed by atoms with Crippen molar-refractivity contribution in [1.82, 2.24) is 4.57 Å². The van der Waals surface area contributed by atoms with Gasteiger partial charge in [-0.2, -0.15) is 0 Å². The number of fused-ring (bicyclic) bond motifs is 6. The second-order valence-electron chi connectivity index (χ2n) is 8.18. The fraction of sp³-hybridized carbons (Fsp3) is 0.0714. The second kappa shape index (κ2) is 6.66. The van der Waals surface area contributed by atoms with E-state index < -0.39 is 0 Å². The van der Waals surface area contributed by atoms with Gasteiger partial charge in [0, 0.05) is 21.9 Å². The standard InChI is InChI=1S/C28H19N3O/c1-2-10-18(11-3-1)25-27-26(21-14-6-9-17-24(21)32-27)30-28(29-25)31-22-15-7-4-12-19(22)20-13-5-8-16-23(20)31/h1-17,26-27H. The Morgan fingerprint density at radius 3 is 2.03 bits per heavy atom. The molecule has 0 saturated carbocycles. The molecule has 0 bridgehead atoms. The molecule has 0 saturated heterocycles. The van der Waals surface area contributed by atoms with Crippen molar-refractivity contribution in [1.29, 1.82) is 0 Å². The molecule has 4 heteroatoms. The number of hydrogen-bond acceptors (Lipinski definition) is 3. The van der Waals surface area contributed by atoms with E-state index in [0.717, 1.165) is 33.6 Å². The normalized spacial score (nSPS) is 19.2. The summed E-state index contributed by atoms with van der Waals surface area (Å²) in [5, 5.41) is 2.40. The van der Waals surface area contributed by atoms with Crippen LogP contribution in [0.15, 0.2) is 113 Å². The first-order valence-corrected chi connectivity index (χ1v) is 10.8. The van der Waals surface area contributed by atoms with E-state index in [-0.39, 0.29) is 12.1 Å². The monoisotopic (exact) mass is 413 g/mol. The molecule has 2 aliphatic rings. The van der Waals surface area contributed by atoms with Crippen LogP contribution in [0.3, 0.4) is 0 Å². The number of para-hydroxylation sites is 3. The lowest BCUT2D eigenvalue weighted by atomic mass is 9.95. The number of benzene rings is 4. The van der Waals surface area contributed by atoms with Crippen molar-refractivity contribution >= 4 is 33.5 Å². The highest BCUT2D eigenvalue weighted by molar-refractivity contribution is 6.18.